The van der Waals surface area contributed by atoms with Crippen molar-refractivity contribution in [1.29, 1.82) is 0 Å². The minimum atomic E-state index is -0.124. The van der Waals surface area contributed by atoms with Crippen LogP contribution in [0.25, 0.3) is 0 Å². The van der Waals surface area contributed by atoms with Crippen molar-refractivity contribution < 1.29 is 9.90 Å². The summed E-state index contributed by atoms with van der Waals surface area (Å²) in [6.45, 7) is 0.687. The van der Waals surface area contributed by atoms with E-state index in [4.69, 9.17) is 0 Å². The van der Waals surface area contributed by atoms with Crippen LogP contribution in [0.5, 0.6) is 5.75 Å². The van der Waals surface area contributed by atoms with Crippen LogP contribution in [-0.4, -0.2) is 29.6 Å². The monoisotopic (exact) mass is 365 g/mol. The predicted octanol–water partition coefficient (Wildman–Crippen LogP) is 2.87. The molecule has 0 bridgehead atoms. The summed E-state index contributed by atoms with van der Waals surface area (Å²) in [4.78, 5) is 11.7. The summed E-state index contributed by atoms with van der Waals surface area (Å²) in [5, 5.41) is 12.3. The van der Waals surface area contributed by atoms with Gasteiger partial charge in [0.2, 0.25) is 0 Å². The van der Waals surface area contributed by atoms with Crippen LogP contribution >= 0.6 is 34.4 Å². The number of rotatable bonds is 6. The van der Waals surface area contributed by atoms with Gasteiger partial charge in [0, 0.05) is 12.1 Å². The van der Waals surface area contributed by atoms with Gasteiger partial charge >= 0.3 is 0 Å². The largest absolute Gasteiger partial charge is 0.507 e. The highest BCUT2D eigenvalue weighted by atomic mass is 127. The van der Waals surface area contributed by atoms with Gasteiger partial charge in [-0.3, -0.25) is 4.79 Å². The van der Waals surface area contributed by atoms with E-state index in [-0.39, 0.29) is 11.7 Å². The number of hydrogen-bond donors (Lipinski definition) is 2. The van der Waals surface area contributed by atoms with E-state index in [1.165, 1.54) is 6.07 Å². The number of hydrogen-bond acceptors (Lipinski definition) is 3. The van der Waals surface area contributed by atoms with Crippen LogP contribution in [-0.2, 0) is 0 Å². The second-order valence-electron chi connectivity index (χ2n) is 3.62. The van der Waals surface area contributed by atoms with E-state index in [1.807, 2.05) is 34.4 Å². The zero-order valence-electron chi connectivity index (χ0n) is 9.70. The highest BCUT2D eigenvalue weighted by molar-refractivity contribution is 14.1. The summed E-state index contributed by atoms with van der Waals surface area (Å²) in [6.07, 6.45) is 4.18. The highest BCUT2D eigenvalue weighted by Crippen LogP contribution is 2.20. The first-order valence-corrected chi connectivity index (χ1v) is 7.88. The lowest BCUT2D eigenvalue weighted by atomic mass is 10.2. The molecule has 0 heterocycles. The van der Waals surface area contributed by atoms with E-state index >= 15 is 0 Å². The second kappa shape index (κ2) is 7.81. The van der Waals surface area contributed by atoms with Crippen LogP contribution in [0.4, 0.5) is 0 Å². The quantitative estimate of drug-likeness (QED) is 0.602. The van der Waals surface area contributed by atoms with Crippen molar-refractivity contribution in [3.63, 3.8) is 0 Å². The van der Waals surface area contributed by atoms with E-state index in [0.717, 1.165) is 22.2 Å². The number of thioether (sulfide) groups is 1. The lowest BCUT2D eigenvalue weighted by Gasteiger charge is -2.06. The SMILES string of the molecule is CSCCCCNC(=O)c1ccc(I)c(O)c1. The van der Waals surface area contributed by atoms with Gasteiger partial charge in [0.15, 0.2) is 0 Å². The molecule has 0 atom stereocenters. The lowest BCUT2D eigenvalue weighted by molar-refractivity contribution is 0.0953. The fourth-order valence-electron chi connectivity index (χ4n) is 1.33. The minimum Gasteiger partial charge on any atom is -0.507 e. The summed E-state index contributed by atoms with van der Waals surface area (Å²) in [6, 6.07) is 4.95. The molecule has 0 aliphatic heterocycles. The fourth-order valence-corrected chi connectivity index (χ4v) is 2.16. The number of carbonyl (C=O) groups is 1. The number of aromatic hydroxyl groups is 1. The standard InChI is InChI=1S/C12H16INO2S/c1-17-7-3-2-6-14-12(16)9-4-5-10(13)11(15)8-9/h4-5,8,15H,2-3,6-7H2,1H3,(H,14,16). The molecule has 5 heteroatoms. The van der Waals surface area contributed by atoms with E-state index < -0.39 is 0 Å². The van der Waals surface area contributed by atoms with Crippen LogP contribution in [0.3, 0.4) is 0 Å². The Labute approximate surface area is 120 Å². The summed E-state index contributed by atoms with van der Waals surface area (Å²) < 4.78 is 0.749. The molecule has 1 rings (SSSR count). The Bertz CT molecular complexity index is 385. The van der Waals surface area contributed by atoms with Gasteiger partial charge in [-0.05, 0) is 65.6 Å². The minimum absolute atomic E-state index is 0.124. The van der Waals surface area contributed by atoms with E-state index in [9.17, 15) is 9.90 Å². The third kappa shape index (κ3) is 5.16. The Kier molecular flexibility index (Phi) is 6.72. The maximum Gasteiger partial charge on any atom is 0.251 e. The molecule has 0 spiro atoms. The maximum atomic E-state index is 11.7. The average Bonchev–Trinajstić information content (AvgIpc) is 2.32. The molecular formula is C12H16INO2S. The molecule has 1 amide bonds. The summed E-state index contributed by atoms with van der Waals surface area (Å²) >= 11 is 3.84. The molecule has 3 nitrogen and oxygen atoms in total. The van der Waals surface area contributed by atoms with Gasteiger partial charge in [0.25, 0.3) is 5.91 Å². The first-order valence-electron chi connectivity index (χ1n) is 5.41. The number of amides is 1. The van der Waals surface area contributed by atoms with Gasteiger partial charge in [-0.25, -0.2) is 0 Å². The molecule has 0 aromatic heterocycles. The zero-order valence-corrected chi connectivity index (χ0v) is 12.7. The summed E-state index contributed by atoms with van der Waals surface area (Å²) in [5.41, 5.74) is 0.507. The highest BCUT2D eigenvalue weighted by Gasteiger charge is 2.07. The van der Waals surface area contributed by atoms with Crippen LogP contribution in [0.1, 0.15) is 23.2 Å². The van der Waals surface area contributed by atoms with Crippen molar-refractivity contribution in [3.05, 3.63) is 27.3 Å². The Morgan fingerprint density at radius 1 is 1.47 bits per heavy atom. The van der Waals surface area contributed by atoms with Gasteiger partial charge < -0.3 is 10.4 Å². The first kappa shape index (κ1) is 14.6. The zero-order chi connectivity index (χ0) is 12.7. The number of halogens is 1. The van der Waals surface area contributed by atoms with Crippen molar-refractivity contribution in [3.8, 4) is 5.75 Å². The third-order valence-corrected chi connectivity index (χ3v) is 3.88. The molecule has 0 aliphatic carbocycles. The molecule has 17 heavy (non-hydrogen) atoms. The second-order valence-corrected chi connectivity index (χ2v) is 5.77. The molecule has 0 saturated carbocycles. The number of unbranched alkanes of at least 4 members (excludes halogenated alkanes) is 1. The van der Waals surface area contributed by atoms with E-state index in [1.54, 1.807) is 12.1 Å². The van der Waals surface area contributed by atoms with Crippen molar-refractivity contribution in [2.75, 3.05) is 18.6 Å². The summed E-state index contributed by atoms with van der Waals surface area (Å²) in [5.74, 6) is 1.15. The van der Waals surface area contributed by atoms with Gasteiger partial charge in [-0.2, -0.15) is 11.8 Å². The first-order chi connectivity index (χ1) is 8.15. The van der Waals surface area contributed by atoms with Gasteiger partial charge in [-0.1, -0.05) is 0 Å². The van der Waals surface area contributed by atoms with Crippen LogP contribution in [0.2, 0.25) is 0 Å². The number of benzene rings is 1. The van der Waals surface area contributed by atoms with Crippen LogP contribution in [0, 0.1) is 3.57 Å². The van der Waals surface area contributed by atoms with Crippen molar-refractivity contribution in [1.82, 2.24) is 5.32 Å². The number of carbonyl (C=O) groups excluding carboxylic acids is 1. The molecule has 0 radical (unpaired) electrons. The normalized spacial score (nSPS) is 10.2. The molecule has 0 saturated heterocycles. The Morgan fingerprint density at radius 2 is 2.24 bits per heavy atom. The van der Waals surface area contributed by atoms with Gasteiger partial charge in [0.05, 0.1) is 3.57 Å². The smallest absolute Gasteiger partial charge is 0.251 e. The third-order valence-electron chi connectivity index (χ3n) is 2.27. The Balaban J connectivity index is 2.39. The molecular weight excluding hydrogens is 349 g/mol. The predicted molar refractivity (Wildman–Crippen MR) is 80.8 cm³/mol. The Morgan fingerprint density at radius 3 is 2.88 bits per heavy atom. The number of phenolic OH excluding ortho intramolecular Hbond substituents is 1. The average molecular weight is 365 g/mol. The van der Waals surface area contributed by atoms with Crippen molar-refractivity contribution in [2.24, 2.45) is 0 Å². The number of nitrogens with one attached hydrogen (secondary N) is 1. The van der Waals surface area contributed by atoms with E-state index in [0.29, 0.717) is 12.1 Å². The molecule has 0 aliphatic rings. The lowest BCUT2D eigenvalue weighted by Crippen LogP contribution is -2.24. The van der Waals surface area contributed by atoms with E-state index in [2.05, 4.69) is 11.6 Å². The van der Waals surface area contributed by atoms with Gasteiger partial charge in [-0.15, -0.1) is 0 Å². The molecule has 0 unspecified atom stereocenters. The molecule has 2 N–H and O–H groups in total. The molecule has 94 valence electrons. The van der Waals surface area contributed by atoms with Crippen molar-refractivity contribution >= 4 is 40.3 Å². The molecule has 1 aromatic carbocycles. The topological polar surface area (TPSA) is 49.3 Å². The Hall–Kier alpha value is -0.430. The maximum absolute atomic E-state index is 11.7. The van der Waals surface area contributed by atoms with Gasteiger partial charge in [0.1, 0.15) is 5.75 Å². The fraction of sp³-hybridized carbons (Fsp3) is 0.417. The molecule has 1 aromatic rings. The summed E-state index contributed by atoms with van der Waals surface area (Å²) in [7, 11) is 0. The number of phenols is 1. The van der Waals surface area contributed by atoms with Crippen molar-refractivity contribution in [2.45, 2.75) is 12.8 Å². The van der Waals surface area contributed by atoms with Crippen LogP contribution < -0.4 is 5.32 Å². The molecule has 0 fully saturated rings. The van der Waals surface area contributed by atoms with Crippen LogP contribution in [0.15, 0.2) is 18.2 Å².